The van der Waals surface area contributed by atoms with Crippen LogP contribution in [0.5, 0.6) is 0 Å². The van der Waals surface area contributed by atoms with Crippen molar-refractivity contribution in [1.29, 1.82) is 0 Å². The molecule has 4 heteroatoms. The molecule has 0 aromatic carbocycles. The summed E-state index contributed by atoms with van der Waals surface area (Å²) >= 11 is 0. The number of aromatic nitrogens is 2. The van der Waals surface area contributed by atoms with Crippen LogP contribution in [0.4, 0.5) is 0 Å². The minimum Gasteiger partial charge on any atom is -0.469 e. The molecule has 0 bridgehead atoms. The van der Waals surface area contributed by atoms with E-state index in [1.54, 1.807) is 24.9 Å². The lowest BCUT2D eigenvalue weighted by Gasteiger charge is -2.14. The number of rotatable bonds is 4. The Labute approximate surface area is 94.7 Å². The largest absolute Gasteiger partial charge is 0.469 e. The minimum atomic E-state index is 0.0520. The van der Waals surface area contributed by atoms with Crippen LogP contribution in [0.1, 0.15) is 30.0 Å². The van der Waals surface area contributed by atoms with Gasteiger partial charge in [-0.3, -0.25) is 9.97 Å². The summed E-state index contributed by atoms with van der Waals surface area (Å²) < 4.78 is 5.33. The van der Waals surface area contributed by atoms with Crippen LogP contribution in [0, 0.1) is 6.92 Å². The second-order valence-electron chi connectivity index (χ2n) is 3.61. The summed E-state index contributed by atoms with van der Waals surface area (Å²) in [5.74, 6) is 0.904. The number of nitrogens with one attached hydrogen (secondary N) is 1. The van der Waals surface area contributed by atoms with Gasteiger partial charge in [0.15, 0.2) is 0 Å². The van der Waals surface area contributed by atoms with Crippen molar-refractivity contribution in [3.63, 3.8) is 0 Å². The summed E-state index contributed by atoms with van der Waals surface area (Å²) in [6.07, 6.45) is 6.91. The summed E-state index contributed by atoms with van der Waals surface area (Å²) in [5, 5.41) is 3.37. The Balaban J connectivity index is 2.31. The van der Waals surface area contributed by atoms with E-state index in [1.165, 1.54) is 0 Å². The quantitative estimate of drug-likeness (QED) is 0.851. The Kier molecular flexibility index (Phi) is 3.31. The molecule has 4 nitrogen and oxygen atoms in total. The average molecular weight is 217 g/mol. The molecule has 2 aromatic rings. The third-order valence-electron chi connectivity index (χ3n) is 2.37. The maximum atomic E-state index is 5.33. The number of nitrogens with zero attached hydrogens (tertiary/aromatic N) is 2. The van der Waals surface area contributed by atoms with Gasteiger partial charge in [0.05, 0.1) is 24.2 Å². The zero-order valence-electron chi connectivity index (χ0n) is 9.47. The highest BCUT2D eigenvalue weighted by Crippen LogP contribution is 2.21. The van der Waals surface area contributed by atoms with Crippen LogP contribution in [-0.2, 0) is 0 Å². The highest BCUT2D eigenvalue weighted by molar-refractivity contribution is 5.24. The second kappa shape index (κ2) is 4.90. The van der Waals surface area contributed by atoms with Crippen LogP contribution >= 0.6 is 0 Å². The van der Waals surface area contributed by atoms with Gasteiger partial charge in [0.1, 0.15) is 5.76 Å². The Hall–Kier alpha value is -1.68. The number of aryl methyl sites for hydroxylation is 1. The Bertz CT molecular complexity index is 439. The van der Waals surface area contributed by atoms with Crippen molar-refractivity contribution in [2.24, 2.45) is 0 Å². The molecule has 2 heterocycles. The predicted molar refractivity (Wildman–Crippen MR) is 61.0 cm³/mol. The fourth-order valence-corrected chi connectivity index (χ4v) is 1.67. The maximum Gasteiger partial charge on any atom is 0.101 e. The van der Waals surface area contributed by atoms with Crippen LogP contribution < -0.4 is 5.32 Å². The van der Waals surface area contributed by atoms with Crippen LogP contribution in [0.3, 0.4) is 0 Å². The molecular formula is C12H15N3O. The first-order chi connectivity index (χ1) is 7.81. The molecule has 0 amide bonds. The summed E-state index contributed by atoms with van der Waals surface area (Å²) in [6, 6.07) is 2.07. The van der Waals surface area contributed by atoms with Gasteiger partial charge in [-0.25, -0.2) is 0 Å². The van der Waals surface area contributed by atoms with Gasteiger partial charge in [0, 0.05) is 18.0 Å². The average Bonchev–Trinajstić information content (AvgIpc) is 2.74. The molecule has 1 N–H and O–H groups in total. The molecular weight excluding hydrogens is 202 g/mol. The normalized spacial score (nSPS) is 12.6. The molecule has 84 valence electrons. The van der Waals surface area contributed by atoms with E-state index < -0.39 is 0 Å². The van der Waals surface area contributed by atoms with E-state index in [-0.39, 0.29) is 6.04 Å². The molecule has 1 unspecified atom stereocenters. The molecule has 2 rings (SSSR count). The van der Waals surface area contributed by atoms with E-state index in [1.807, 2.05) is 13.0 Å². The van der Waals surface area contributed by atoms with Gasteiger partial charge in [-0.2, -0.15) is 0 Å². The van der Waals surface area contributed by atoms with Gasteiger partial charge in [-0.1, -0.05) is 6.92 Å². The number of hydrogen-bond acceptors (Lipinski definition) is 4. The monoisotopic (exact) mass is 217 g/mol. The van der Waals surface area contributed by atoms with Crippen molar-refractivity contribution >= 4 is 0 Å². The van der Waals surface area contributed by atoms with E-state index in [2.05, 4.69) is 22.2 Å². The molecule has 0 aliphatic heterocycles. The molecule has 1 atom stereocenters. The van der Waals surface area contributed by atoms with Crippen molar-refractivity contribution in [2.45, 2.75) is 19.9 Å². The van der Waals surface area contributed by atoms with Gasteiger partial charge in [0.2, 0.25) is 0 Å². The summed E-state index contributed by atoms with van der Waals surface area (Å²) in [4.78, 5) is 8.40. The second-order valence-corrected chi connectivity index (χ2v) is 3.61. The van der Waals surface area contributed by atoms with Crippen molar-refractivity contribution in [1.82, 2.24) is 15.3 Å². The first kappa shape index (κ1) is 10.8. The lowest BCUT2D eigenvalue weighted by molar-refractivity contribution is 0.524. The zero-order chi connectivity index (χ0) is 11.4. The summed E-state index contributed by atoms with van der Waals surface area (Å²) in [7, 11) is 0. The standard InChI is InChI=1S/C12H15N3O/c1-3-14-12(10-6-9(2)16-8-10)11-7-13-4-5-15-11/h4-8,12,14H,3H2,1-2H3. The smallest absolute Gasteiger partial charge is 0.101 e. The molecule has 0 aliphatic carbocycles. The van der Waals surface area contributed by atoms with E-state index in [4.69, 9.17) is 4.42 Å². The molecule has 0 fully saturated rings. The Morgan fingerprint density at radius 1 is 1.44 bits per heavy atom. The van der Waals surface area contributed by atoms with Gasteiger partial charge < -0.3 is 9.73 Å². The van der Waals surface area contributed by atoms with Gasteiger partial charge in [-0.05, 0) is 19.5 Å². The highest BCUT2D eigenvalue weighted by atomic mass is 16.3. The fraction of sp³-hybridized carbons (Fsp3) is 0.333. The van der Waals surface area contributed by atoms with Crippen LogP contribution in [0.15, 0.2) is 35.3 Å². The summed E-state index contributed by atoms with van der Waals surface area (Å²) in [5.41, 5.74) is 1.99. The fourth-order valence-electron chi connectivity index (χ4n) is 1.67. The van der Waals surface area contributed by atoms with Crippen LogP contribution in [0.2, 0.25) is 0 Å². The topological polar surface area (TPSA) is 51.0 Å². The molecule has 0 saturated carbocycles. The molecule has 0 saturated heterocycles. The Morgan fingerprint density at radius 2 is 2.31 bits per heavy atom. The maximum absolute atomic E-state index is 5.33. The van der Waals surface area contributed by atoms with Gasteiger partial charge in [0.25, 0.3) is 0 Å². The van der Waals surface area contributed by atoms with Crippen molar-refractivity contribution in [3.8, 4) is 0 Å². The van der Waals surface area contributed by atoms with Gasteiger partial charge >= 0.3 is 0 Å². The SMILES string of the molecule is CCNC(c1coc(C)c1)c1cnccn1. The molecule has 0 radical (unpaired) electrons. The first-order valence-electron chi connectivity index (χ1n) is 5.35. The number of furan rings is 1. The lowest BCUT2D eigenvalue weighted by Crippen LogP contribution is -2.22. The van der Waals surface area contributed by atoms with E-state index in [9.17, 15) is 0 Å². The van der Waals surface area contributed by atoms with Crippen molar-refractivity contribution in [3.05, 3.63) is 47.9 Å². The molecule has 0 aliphatic rings. The summed E-state index contributed by atoms with van der Waals surface area (Å²) in [6.45, 7) is 4.87. The van der Waals surface area contributed by atoms with E-state index in [0.717, 1.165) is 23.6 Å². The third-order valence-corrected chi connectivity index (χ3v) is 2.37. The van der Waals surface area contributed by atoms with E-state index >= 15 is 0 Å². The molecule has 0 spiro atoms. The van der Waals surface area contributed by atoms with Gasteiger partial charge in [-0.15, -0.1) is 0 Å². The van der Waals surface area contributed by atoms with Crippen LogP contribution in [0.25, 0.3) is 0 Å². The third kappa shape index (κ3) is 2.28. The van der Waals surface area contributed by atoms with E-state index in [0.29, 0.717) is 0 Å². The number of hydrogen-bond donors (Lipinski definition) is 1. The van der Waals surface area contributed by atoms with Crippen molar-refractivity contribution in [2.75, 3.05) is 6.54 Å². The minimum absolute atomic E-state index is 0.0520. The first-order valence-corrected chi connectivity index (χ1v) is 5.35. The van der Waals surface area contributed by atoms with Crippen molar-refractivity contribution < 1.29 is 4.42 Å². The predicted octanol–water partition coefficient (Wildman–Crippen LogP) is 2.08. The zero-order valence-corrected chi connectivity index (χ0v) is 9.47. The Morgan fingerprint density at radius 3 is 2.88 bits per heavy atom. The highest BCUT2D eigenvalue weighted by Gasteiger charge is 2.16. The molecule has 2 aromatic heterocycles. The van der Waals surface area contributed by atoms with Crippen LogP contribution in [-0.4, -0.2) is 16.5 Å². The lowest BCUT2D eigenvalue weighted by atomic mass is 10.1. The molecule has 16 heavy (non-hydrogen) atoms.